The molecule has 0 saturated carbocycles. The highest BCUT2D eigenvalue weighted by Gasteiger charge is 2.30. The van der Waals surface area contributed by atoms with Crippen molar-refractivity contribution in [3.8, 4) is 11.1 Å². The second kappa shape index (κ2) is 6.17. The van der Waals surface area contributed by atoms with Gasteiger partial charge in [-0.2, -0.15) is 0 Å². The summed E-state index contributed by atoms with van der Waals surface area (Å²) in [6.45, 7) is 1.75. The zero-order valence-electron chi connectivity index (χ0n) is 14.4. The summed E-state index contributed by atoms with van der Waals surface area (Å²) in [6, 6.07) is 16.6. The van der Waals surface area contributed by atoms with Crippen LogP contribution in [0.4, 0.5) is 11.4 Å². The van der Waals surface area contributed by atoms with Gasteiger partial charge in [0.1, 0.15) is 0 Å². The Labute approximate surface area is 154 Å². The third-order valence-corrected chi connectivity index (χ3v) is 4.68. The largest absolute Gasteiger partial charge is 0.321 e. The summed E-state index contributed by atoms with van der Waals surface area (Å²) in [6.07, 6.45) is 0. The van der Waals surface area contributed by atoms with Crippen LogP contribution in [0, 0.1) is 17.0 Å². The molecular weight excluding hydrogens is 344 g/mol. The molecule has 3 aromatic rings. The average Bonchev–Trinajstić information content (AvgIpc) is 2.96. The summed E-state index contributed by atoms with van der Waals surface area (Å²) < 4.78 is 0. The van der Waals surface area contributed by atoms with E-state index in [1.807, 2.05) is 18.2 Å². The van der Waals surface area contributed by atoms with Crippen molar-refractivity contribution < 1.29 is 14.5 Å². The third kappa shape index (κ3) is 2.67. The minimum absolute atomic E-state index is 0.113. The number of nitrogens with one attached hydrogen (secondary N) is 1. The van der Waals surface area contributed by atoms with E-state index in [2.05, 4.69) is 5.32 Å². The number of nitro benzene ring substituents is 1. The van der Waals surface area contributed by atoms with Gasteiger partial charge in [-0.3, -0.25) is 19.7 Å². The molecular formula is C21H14N2O4. The van der Waals surface area contributed by atoms with Gasteiger partial charge in [0.05, 0.1) is 16.2 Å². The minimum Gasteiger partial charge on any atom is -0.321 e. The second-order valence-corrected chi connectivity index (χ2v) is 6.31. The van der Waals surface area contributed by atoms with Gasteiger partial charge in [-0.15, -0.1) is 0 Å². The molecule has 1 N–H and O–H groups in total. The van der Waals surface area contributed by atoms with Crippen LogP contribution in [0.2, 0.25) is 0 Å². The normalized spacial score (nSPS) is 11.7. The fourth-order valence-corrected chi connectivity index (χ4v) is 3.31. The first kappa shape index (κ1) is 16.7. The van der Waals surface area contributed by atoms with Gasteiger partial charge in [-0.1, -0.05) is 42.5 Å². The molecule has 4 rings (SSSR count). The van der Waals surface area contributed by atoms with E-state index in [4.69, 9.17) is 0 Å². The van der Waals surface area contributed by atoms with Crippen molar-refractivity contribution in [2.45, 2.75) is 6.92 Å². The van der Waals surface area contributed by atoms with Crippen molar-refractivity contribution >= 4 is 23.1 Å². The number of nitrogens with zero attached hydrogens (tertiary/aromatic N) is 1. The van der Waals surface area contributed by atoms with E-state index in [0.717, 1.165) is 11.1 Å². The first-order valence-electron chi connectivity index (χ1n) is 8.31. The third-order valence-electron chi connectivity index (χ3n) is 4.68. The lowest BCUT2D eigenvalue weighted by molar-refractivity contribution is -0.384. The molecule has 0 radical (unpaired) electrons. The molecule has 0 atom stereocenters. The van der Waals surface area contributed by atoms with Gasteiger partial charge < -0.3 is 5.32 Å². The summed E-state index contributed by atoms with van der Waals surface area (Å²) in [7, 11) is 0. The number of carbonyl (C=O) groups excluding carboxylic acids is 2. The van der Waals surface area contributed by atoms with Gasteiger partial charge in [-0.05, 0) is 29.7 Å². The number of amides is 1. The van der Waals surface area contributed by atoms with Crippen LogP contribution < -0.4 is 5.32 Å². The zero-order valence-corrected chi connectivity index (χ0v) is 14.4. The van der Waals surface area contributed by atoms with E-state index in [-0.39, 0.29) is 17.0 Å². The van der Waals surface area contributed by atoms with Gasteiger partial charge in [0.15, 0.2) is 5.78 Å². The number of hydrogen-bond acceptors (Lipinski definition) is 4. The van der Waals surface area contributed by atoms with E-state index >= 15 is 0 Å². The SMILES string of the molecule is Cc1ccc([N+](=O)[O-])cc1NC(=O)c1cccc2c1C(=O)c1ccccc1-2. The van der Waals surface area contributed by atoms with Crippen LogP contribution in [0.15, 0.2) is 60.7 Å². The molecule has 0 aromatic heterocycles. The Balaban J connectivity index is 1.75. The lowest BCUT2D eigenvalue weighted by atomic mass is 10.00. The highest BCUT2D eigenvalue weighted by Crippen LogP contribution is 2.38. The Morgan fingerprint density at radius 3 is 2.41 bits per heavy atom. The molecule has 0 spiro atoms. The first-order chi connectivity index (χ1) is 13.0. The smallest absolute Gasteiger partial charge is 0.271 e. The van der Waals surface area contributed by atoms with Gasteiger partial charge in [0.25, 0.3) is 11.6 Å². The van der Waals surface area contributed by atoms with Gasteiger partial charge in [0.2, 0.25) is 0 Å². The van der Waals surface area contributed by atoms with Crippen LogP contribution in [-0.2, 0) is 0 Å². The van der Waals surface area contributed by atoms with Crippen molar-refractivity contribution in [1.29, 1.82) is 0 Å². The van der Waals surface area contributed by atoms with Crippen molar-refractivity contribution in [2.24, 2.45) is 0 Å². The summed E-state index contributed by atoms with van der Waals surface area (Å²) in [5, 5.41) is 13.7. The molecule has 0 bridgehead atoms. The maximum Gasteiger partial charge on any atom is 0.271 e. The molecule has 3 aromatic carbocycles. The summed E-state index contributed by atoms with van der Waals surface area (Å²) in [5.74, 6) is -0.668. The van der Waals surface area contributed by atoms with Gasteiger partial charge in [0, 0.05) is 23.3 Å². The highest BCUT2D eigenvalue weighted by atomic mass is 16.6. The van der Waals surface area contributed by atoms with Crippen molar-refractivity contribution in [1.82, 2.24) is 0 Å². The van der Waals surface area contributed by atoms with E-state index in [1.165, 1.54) is 12.1 Å². The Hall–Kier alpha value is -3.80. The Kier molecular flexibility index (Phi) is 3.81. The maximum absolute atomic E-state index is 12.9. The lowest BCUT2D eigenvalue weighted by Crippen LogP contribution is -2.16. The van der Waals surface area contributed by atoms with Crippen LogP contribution in [0.3, 0.4) is 0 Å². The van der Waals surface area contributed by atoms with E-state index in [0.29, 0.717) is 22.4 Å². The molecule has 0 saturated heterocycles. The first-order valence-corrected chi connectivity index (χ1v) is 8.31. The Morgan fingerprint density at radius 2 is 1.67 bits per heavy atom. The molecule has 1 amide bonds. The second-order valence-electron chi connectivity index (χ2n) is 6.31. The number of benzene rings is 3. The highest BCUT2D eigenvalue weighted by molar-refractivity contribution is 6.26. The minimum atomic E-state index is -0.518. The maximum atomic E-state index is 12.9. The van der Waals surface area contributed by atoms with Gasteiger partial charge in [-0.25, -0.2) is 0 Å². The Bertz CT molecular complexity index is 1130. The van der Waals surface area contributed by atoms with Crippen LogP contribution in [0.1, 0.15) is 31.8 Å². The van der Waals surface area contributed by atoms with Crippen molar-refractivity contribution in [2.75, 3.05) is 5.32 Å². The number of anilines is 1. The van der Waals surface area contributed by atoms with Crippen molar-refractivity contribution in [3.05, 3.63) is 93.0 Å². The van der Waals surface area contributed by atoms with Gasteiger partial charge >= 0.3 is 0 Å². The molecule has 0 aliphatic heterocycles. The molecule has 132 valence electrons. The summed E-state index contributed by atoms with van der Waals surface area (Å²) in [4.78, 5) is 36.1. The predicted molar refractivity (Wildman–Crippen MR) is 101 cm³/mol. The number of hydrogen-bond donors (Lipinski definition) is 1. The molecule has 27 heavy (non-hydrogen) atoms. The van der Waals surface area contributed by atoms with E-state index in [9.17, 15) is 19.7 Å². The monoisotopic (exact) mass is 358 g/mol. The molecule has 0 unspecified atom stereocenters. The number of carbonyl (C=O) groups is 2. The average molecular weight is 358 g/mol. The number of fused-ring (bicyclic) bond motifs is 3. The molecule has 6 nitrogen and oxygen atoms in total. The van der Waals surface area contributed by atoms with Crippen LogP contribution in [0.25, 0.3) is 11.1 Å². The van der Waals surface area contributed by atoms with Crippen LogP contribution >= 0.6 is 0 Å². The van der Waals surface area contributed by atoms with E-state index in [1.54, 1.807) is 37.3 Å². The number of nitro groups is 1. The number of aryl methyl sites for hydroxylation is 1. The predicted octanol–water partition coefficient (Wildman–Crippen LogP) is 4.37. The quantitative estimate of drug-likeness (QED) is 0.435. The zero-order chi connectivity index (χ0) is 19.1. The molecule has 0 heterocycles. The number of ketones is 1. The standard InChI is InChI=1S/C21H14N2O4/c1-12-9-10-13(23(26)27)11-18(12)22-21(25)17-8-4-7-15-14-5-2-3-6-16(14)20(24)19(15)17/h2-11H,1H3,(H,22,25). The molecule has 1 aliphatic carbocycles. The molecule has 1 aliphatic rings. The van der Waals surface area contributed by atoms with Crippen LogP contribution in [0.5, 0.6) is 0 Å². The van der Waals surface area contributed by atoms with Crippen LogP contribution in [-0.4, -0.2) is 16.6 Å². The molecule has 0 fully saturated rings. The fourth-order valence-electron chi connectivity index (χ4n) is 3.31. The summed E-state index contributed by atoms with van der Waals surface area (Å²) in [5.41, 5.74) is 3.62. The summed E-state index contributed by atoms with van der Waals surface area (Å²) >= 11 is 0. The number of non-ortho nitro benzene ring substituents is 1. The topological polar surface area (TPSA) is 89.3 Å². The fraction of sp³-hybridized carbons (Fsp3) is 0.0476. The Morgan fingerprint density at radius 1 is 0.963 bits per heavy atom. The lowest BCUT2D eigenvalue weighted by Gasteiger charge is -2.11. The van der Waals surface area contributed by atoms with Crippen molar-refractivity contribution in [3.63, 3.8) is 0 Å². The molecule has 6 heteroatoms. The van der Waals surface area contributed by atoms with E-state index < -0.39 is 10.8 Å². The number of rotatable bonds is 3.